The van der Waals surface area contributed by atoms with Crippen LogP contribution in [0.3, 0.4) is 0 Å². The van der Waals surface area contributed by atoms with Crippen molar-refractivity contribution in [1.82, 2.24) is 0 Å². The molecule has 0 N–H and O–H groups in total. The van der Waals surface area contributed by atoms with Crippen LogP contribution in [-0.2, 0) is 4.74 Å². The summed E-state index contributed by atoms with van der Waals surface area (Å²) in [6.45, 7) is 8.07. The van der Waals surface area contributed by atoms with Crippen molar-refractivity contribution in [1.29, 1.82) is 0 Å². The molecule has 0 aliphatic rings. The summed E-state index contributed by atoms with van der Waals surface area (Å²) in [6, 6.07) is 14.8. The highest BCUT2D eigenvalue weighted by Gasteiger charge is 2.11. The zero-order valence-electron chi connectivity index (χ0n) is 25.1. The third-order valence-electron chi connectivity index (χ3n) is 7.28. The minimum Gasteiger partial charge on any atom is -0.494 e. The number of rotatable bonds is 23. The van der Waals surface area contributed by atoms with Crippen molar-refractivity contribution in [2.24, 2.45) is 0 Å². The average Bonchev–Trinajstić information content (AvgIpc) is 2.96. The molecule has 1 unspecified atom stereocenters. The van der Waals surface area contributed by atoms with Crippen LogP contribution in [0.4, 0.5) is 0 Å². The smallest absolute Gasteiger partial charge is 0.343 e. The maximum Gasteiger partial charge on any atom is 0.343 e. The molecule has 0 heterocycles. The highest BCUT2D eigenvalue weighted by Crippen LogP contribution is 2.22. The van der Waals surface area contributed by atoms with Gasteiger partial charge in [0.1, 0.15) is 11.5 Å². The molecule has 0 radical (unpaired) electrons. The first kappa shape index (κ1) is 32.9. The van der Waals surface area contributed by atoms with Crippen molar-refractivity contribution in [2.75, 3.05) is 13.2 Å². The van der Waals surface area contributed by atoms with Gasteiger partial charge in [0.2, 0.25) is 0 Å². The predicted octanol–water partition coefficient (Wildman–Crippen LogP) is 10.6. The third-order valence-corrected chi connectivity index (χ3v) is 7.28. The molecule has 39 heavy (non-hydrogen) atoms. The molecule has 0 fully saturated rings. The lowest BCUT2D eigenvalue weighted by Gasteiger charge is -2.14. The molecule has 2 rings (SSSR count). The fraction of sp³-hybridized carbons (Fsp3) is 0.629. The largest absolute Gasteiger partial charge is 0.494 e. The molecule has 1 atom stereocenters. The second-order valence-electron chi connectivity index (χ2n) is 10.8. The molecule has 4 nitrogen and oxygen atoms in total. The monoisotopic (exact) mass is 538 g/mol. The van der Waals surface area contributed by atoms with Crippen LogP contribution in [0.25, 0.3) is 0 Å². The predicted molar refractivity (Wildman–Crippen MR) is 163 cm³/mol. The summed E-state index contributed by atoms with van der Waals surface area (Å²) in [4.78, 5) is 12.6. The van der Waals surface area contributed by atoms with Crippen LogP contribution >= 0.6 is 0 Å². The second-order valence-corrected chi connectivity index (χ2v) is 10.8. The first-order valence-corrected chi connectivity index (χ1v) is 15.8. The van der Waals surface area contributed by atoms with E-state index in [4.69, 9.17) is 14.2 Å². The van der Waals surface area contributed by atoms with Gasteiger partial charge in [-0.15, -0.1) is 0 Å². The molecule has 0 aromatic heterocycles. The van der Waals surface area contributed by atoms with Gasteiger partial charge in [0.15, 0.2) is 0 Å². The van der Waals surface area contributed by atoms with Gasteiger partial charge in [0.05, 0.1) is 18.3 Å². The number of carbonyl (C=O) groups is 1. The zero-order chi connectivity index (χ0) is 28.0. The highest BCUT2D eigenvalue weighted by atomic mass is 16.5. The van der Waals surface area contributed by atoms with E-state index in [0.717, 1.165) is 30.8 Å². The average molecular weight is 539 g/mol. The van der Waals surface area contributed by atoms with Crippen LogP contribution in [0.2, 0.25) is 0 Å². The Kier molecular flexibility index (Phi) is 18.1. The van der Waals surface area contributed by atoms with Crippen molar-refractivity contribution in [3.8, 4) is 11.5 Å². The summed E-state index contributed by atoms with van der Waals surface area (Å²) in [5.74, 6) is 0.959. The Morgan fingerprint density at radius 3 is 1.59 bits per heavy atom. The summed E-state index contributed by atoms with van der Waals surface area (Å²) in [5.41, 5.74) is 1.60. The lowest BCUT2D eigenvalue weighted by atomic mass is 10.1. The standard InChI is InChI=1S/C35H54O4/c1-4-6-8-10-12-13-14-15-17-18-28-37-30(3)31-20-26-34(27-21-31)39-35(36)32-22-24-33(25-23-32)38-29-19-16-11-9-7-5-2/h20-27,30H,4-19,28-29H2,1-3H3. The molecule has 218 valence electrons. The summed E-state index contributed by atoms with van der Waals surface area (Å²) in [5, 5.41) is 0. The molecule has 2 aromatic rings. The summed E-state index contributed by atoms with van der Waals surface area (Å²) in [7, 11) is 0. The van der Waals surface area contributed by atoms with Gasteiger partial charge in [-0.1, -0.05) is 116 Å². The van der Waals surface area contributed by atoms with Gasteiger partial charge in [0.25, 0.3) is 0 Å². The number of hydrogen-bond acceptors (Lipinski definition) is 4. The molecular weight excluding hydrogens is 484 g/mol. The normalized spacial score (nSPS) is 11.9. The van der Waals surface area contributed by atoms with Gasteiger partial charge in [-0.25, -0.2) is 4.79 Å². The molecule has 0 aliphatic heterocycles. The van der Waals surface area contributed by atoms with Crippen LogP contribution in [-0.4, -0.2) is 19.2 Å². The molecule has 4 heteroatoms. The van der Waals surface area contributed by atoms with Crippen LogP contribution in [0.15, 0.2) is 48.5 Å². The second kappa shape index (κ2) is 21.5. The maximum atomic E-state index is 12.6. The van der Waals surface area contributed by atoms with E-state index in [1.807, 2.05) is 36.4 Å². The molecule has 2 aromatic carbocycles. The van der Waals surface area contributed by atoms with E-state index in [-0.39, 0.29) is 12.1 Å². The molecular formula is C35H54O4. The van der Waals surface area contributed by atoms with E-state index in [9.17, 15) is 4.79 Å². The van der Waals surface area contributed by atoms with Crippen molar-refractivity contribution in [2.45, 2.75) is 130 Å². The van der Waals surface area contributed by atoms with E-state index in [0.29, 0.717) is 17.9 Å². The Morgan fingerprint density at radius 1 is 0.590 bits per heavy atom. The zero-order valence-corrected chi connectivity index (χ0v) is 25.1. The minimum absolute atomic E-state index is 0.0252. The van der Waals surface area contributed by atoms with Crippen molar-refractivity contribution >= 4 is 5.97 Å². The Hall–Kier alpha value is -2.33. The van der Waals surface area contributed by atoms with Gasteiger partial charge in [-0.3, -0.25) is 0 Å². The third kappa shape index (κ3) is 15.1. The van der Waals surface area contributed by atoms with Crippen molar-refractivity contribution < 1.29 is 19.0 Å². The van der Waals surface area contributed by atoms with Gasteiger partial charge in [-0.2, -0.15) is 0 Å². The first-order chi connectivity index (χ1) is 19.1. The van der Waals surface area contributed by atoms with Crippen LogP contribution in [0.5, 0.6) is 11.5 Å². The molecule has 0 saturated heterocycles. The summed E-state index contributed by atoms with van der Waals surface area (Å²) in [6.07, 6.45) is 20.7. The van der Waals surface area contributed by atoms with Gasteiger partial charge >= 0.3 is 5.97 Å². The van der Waals surface area contributed by atoms with E-state index in [1.165, 1.54) is 89.9 Å². The molecule has 0 spiro atoms. The maximum absolute atomic E-state index is 12.6. The number of unbranched alkanes of at least 4 members (excludes halogenated alkanes) is 14. The minimum atomic E-state index is -0.365. The summed E-state index contributed by atoms with van der Waals surface area (Å²) >= 11 is 0. The van der Waals surface area contributed by atoms with Crippen molar-refractivity contribution in [3.63, 3.8) is 0 Å². The summed E-state index contributed by atoms with van der Waals surface area (Å²) < 4.78 is 17.4. The van der Waals surface area contributed by atoms with E-state index in [1.54, 1.807) is 12.1 Å². The number of esters is 1. The Balaban J connectivity index is 1.60. The molecule has 0 amide bonds. The Bertz CT molecular complexity index is 859. The lowest BCUT2D eigenvalue weighted by molar-refractivity contribution is 0.0627. The Morgan fingerprint density at radius 2 is 1.05 bits per heavy atom. The van der Waals surface area contributed by atoms with Gasteiger partial charge < -0.3 is 14.2 Å². The fourth-order valence-electron chi connectivity index (χ4n) is 4.68. The fourth-order valence-corrected chi connectivity index (χ4v) is 4.68. The number of hydrogen-bond donors (Lipinski definition) is 0. The molecule has 0 bridgehead atoms. The number of ether oxygens (including phenoxy) is 3. The molecule has 0 saturated carbocycles. The Labute approximate surface area is 238 Å². The van der Waals surface area contributed by atoms with Crippen LogP contribution in [0, 0.1) is 0 Å². The lowest BCUT2D eigenvalue weighted by Crippen LogP contribution is -2.09. The van der Waals surface area contributed by atoms with Crippen molar-refractivity contribution in [3.05, 3.63) is 59.7 Å². The van der Waals surface area contributed by atoms with Gasteiger partial charge in [0, 0.05) is 6.61 Å². The quantitative estimate of drug-likeness (QED) is 0.0802. The van der Waals surface area contributed by atoms with E-state index in [2.05, 4.69) is 20.8 Å². The van der Waals surface area contributed by atoms with E-state index < -0.39 is 0 Å². The number of benzene rings is 2. The highest BCUT2D eigenvalue weighted by molar-refractivity contribution is 5.91. The van der Waals surface area contributed by atoms with Crippen LogP contribution < -0.4 is 9.47 Å². The van der Waals surface area contributed by atoms with Gasteiger partial charge in [-0.05, 0) is 61.7 Å². The first-order valence-electron chi connectivity index (χ1n) is 15.8. The molecule has 0 aliphatic carbocycles. The van der Waals surface area contributed by atoms with E-state index >= 15 is 0 Å². The topological polar surface area (TPSA) is 44.8 Å². The SMILES string of the molecule is CCCCCCCCCCCCOC(C)c1ccc(OC(=O)c2ccc(OCCCCCCCC)cc2)cc1. The number of carbonyl (C=O) groups excluding carboxylic acids is 1. The van der Waals surface area contributed by atoms with Crippen LogP contribution in [0.1, 0.15) is 146 Å².